The second kappa shape index (κ2) is 4.68. The Bertz CT molecular complexity index is 662. The molecular weight excluding hydrogens is 248 g/mol. The maximum absolute atomic E-state index is 12.0. The molecule has 2 heterocycles. The molecule has 1 atom stereocenters. The standard InChI is InChI=1S/C12H14N4O3/c1-6-4-10-13-5-9(8(3)16(10)15-6)11(17)14-7(2)12(18)19/h4-5,7H,1-3H3,(H,14,17)(H,18,19). The summed E-state index contributed by atoms with van der Waals surface area (Å²) in [5.74, 6) is -1.56. The van der Waals surface area contributed by atoms with Crippen molar-refractivity contribution in [2.45, 2.75) is 26.8 Å². The smallest absolute Gasteiger partial charge is 0.325 e. The molecule has 2 aromatic rings. The van der Waals surface area contributed by atoms with E-state index in [1.165, 1.54) is 13.1 Å². The highest BCUT2D eigenvalue weighted by Crippen LogP contribution is 2.11. The summed E-state index contributed by atoms with van der Waals surface area (Å²) in [7, 11) is 0. The molecule has 0 bridgehead atoms. The second-order valence-electron chi connectivity index (χ2n) is 4.35. The predicted octanol–water partition coefficient (Wildman–Crippen LogP) is 0.549. The molecule has 100 valence electrons. The first-order valence-electron chi connectivity index (χ1n) is 5.76. The minimum atomic E-state index is -1.09. The quantitative estimate of drug-likeness (QED) is 0.842. The molecule has 0 saturated carbocycles. The van der Waals surface area contributed by atoms with Gasteiger partial charge in [0.25, 0.3) is 5.91 Å². The van der Waals surface area contributed by atoms with Crippen LogP contribution in [0.15, 0.2) is 12.3 Å². The van der Waals surface area contributed by atoms with Crippen molar-refractivity contribution >= 4 is 17.5 Å². The molecule has 0 spiro atoms. The van der Waals surface area contributed by atoms with Crippen LogP contribution in [0.5, 0.6) is 0 Å². The lowest BCUT2D eigenvalue weighted by Crippen LogP contribution is -2.38. The molecule has 2 aromatic heterocycles. The van der Waals surface area contributed by atoms with E-state index in [-0.39, 0.29) is 0 Å². The highest BCUT2D eigenvalue weighted by molar-refractivity contribution is 5.97. The van der Waals surface area contributed by atoms with Crippen LogP contribution in [0.4, 0.5) is 0 Å². The molecule has 0 aliphatic rings. The summed E-state index contributed by atoms with van der Waals surface area (Å²) in [6.07, 6.45) is 1.43. The average Bonchev–Trinajstić information content (AvgIpc) is 2.70. The molecule has 0 fully saturated rings. The van der Waals surface area contributed by atoms with Gasteiger partial charge >= 0.3 is 5.97 Å². The number of amides is 1. The van der Waals surface area contributed by atoms with E-state index in [1.54, 1.807) is 17.5 Å². The van der Waals surface area contributed by atoms with Gasteiger partial charge in [0.05, 0.1) is 17.0 Å². The number of aliphatic carboxylic acids is 1. The molecular formula is C12H14N4O3. The Balaban J connectivity index is 2.37. The van der Waals surface area contributed by atoms with Crippen LogP contribution in [0.1, 0.15) is 28.7 Å². The Morgan fingerprint density at radius 3 is 2.74 bits per heavy atom. The zero-order valence-corrected chi connectivity index (χ0v) is 10.8. The highest BCUT2D eigenvalue weighted by atomic mass is 16.4. The molecule has 2 N–H and O–H groups in total. The zero-order chi connectivity index (χ0) is 14.2. The second-order valence-corrected chi connectivity index (χ2v) is 4.35. The van der Waals surface area contributed by atoms with E-state index in [0.717, 1.165) is 5.69 Å². The predicted molar refractivity (Wildman–Crippen MR) is 67.0 cm³/mol. The first-order valence-corrected chi connectivity index (χ1v) is 5.76. The molecule has 7 heteroatoms. The van der Waals surface area contributed by atoms with Crippen LogP contribution < -0.4 is 5.32 Å². The zero-order valence-electron chi connectivity index (χ0n) is 10.8. The van der Waals surface area contributed by atoms with E-state index >= 15 is 0 Å². The SMILES string of the molecule is Cc1cc2ncc(C(=O)NC(C)C(=O)O)c(C)n2n1. The number of rotatable bonds is 3. The number of carbonyl (C=O) groups excluding carboxylic acids is 1. The van der Waals surface area contributed by atoms with Gasteiger partial charge in [0, 0.05) is 12.3 Å². The third-order valence-electron chi connectivity index (χ3n) is 2.81. The van der Waals surface area contributed by atoms with E-state index in [0.29, 0.717) is 16.9 Å². The van der Waals surface area contributed by atoms with Gasteiger partial charge in [-0.25, -0.2) is 9.50 Å². The summed E-state index contributed by atoms with van der Waals surface area (Å²) < 4.78 is 1.57. The van der Waals surface area contributed by atoms with E-state index in [9.17, 15) is 9.59 Å². The van der Waals surface area contributed by atoms with E-state index in [2.05, 4.69) is 15.4 Å². The van der Waals surface area contributed by atoms with Crippen LogP contribution >= 0.6 is 0 Å². The van der Waals surface area contributed by atoms with Crippen LogP contribution in [0.25, 0.3) is 5.65 Å². The lowest BCUT2D eigenvalue weighted by atomic mass is 10.2. The molecule has 0 aliphatic heterocycles. The summed E-state index contributed by atoms with van der Waals surface area (Å²) >= 11 is 0. The maximum atomic E-state index is 12.0. The number of aryl methyl sites for hydroxylation is 2. The van der Waals surface area contributed by atoms with Crippen molar-refractivity contribution < 1.29 is 14.7 Å². The van der Waals surface area contributed by atoms with Gasteiger partial charge in [-0.15, -0.1) is 0 Å². The topological polar surface area (TPSA) is 96.6 Å². The summed E-state index contributed by atoms with van der Waals surface area (Å²) in [5, 5.41) is 15.4. The van der Waals surface area contributed by atoms with Crippen molar-refractivity contribution in [1.82, 2.24) is 19.9 Å². The molecule has 7 nitrogen and oxygen atoms in total. The summed E-state index contributed by atoms with van der Waals surface area (Å²) in [4.78, 5) is 26.8. The molecule has 2 rings (SSSR count). The van der Waals surface area contributed by atoms with Crippen LogP contribution in [0, 0.1) is 13.8 Å². The van der Waals surface area contributed by atoms with Crippen molar-refractivity contribution in [3.05, 3.63) is 29.2 Å². The van der Waals surface area contributed by atoms with Crippen LogP contribution in [-0.4, -0.2) is 37.6 Å². The lowest BCUT2D eigenvalue weighted by Gasteiger charge is -2.11. The number of carboxylic acid groups (broad SMARTS) is 1. The van der Waals surface area contributed by atoms with Crippen molar-refractivity contribution in [2.75, 3.05) is 0 Å². The highest BCUT2D eigenvalue weighted by Gasteiger charge is 2.18. The van der Waals surface area contributed by atoms with Gasteiger partial charge in [-0.3, -0.25) is 9.59 Å². The van der Waals surface area contributed by atoms with Crippen molar-refractivity contribution in [3.8, 4) is 0 Å². The maximum Gasteiger partial charge on any atom is 0.325 e. The van der Waals surface area contributed by atoms with Crippen molar-refractivity contribution in [1.29, 1.82) is 0 Å². The van der Waals surface area contributed by atoms with Gasteiger partial charge in [-0.2, -0.15) is 5.10 Å². The van der Waals surface area contributed by atoms with Gasteiger partial charge in [-0.05, 0) is 20.8 Å². The van der Waals surface area contributed by atoms with Gasteiger partial charge in [-0.1, -0.05) is 0 Å². The van der Waals surface area contributed by atoms with Gasteiger partial charge in [0.1, 0.15) is 6.04 Å². The number of nitrogens with zero attached hydrogens (tertiary/aromatic N) is 3. The molecule has 1 amide bonds. The van der Waals surface area contributed by atoms with Gasteiger partial charge in [0.2, 0.25) is 0 Å². The normalized spacial score (nSPS) is 12.4. The molecule has 0 aromatic carbocycles. The Hall–Kier alpha value is -2.44. The van der Waals surface area contributed by atoms with E-state index in [4.69, 9.17) is 5.11 Å². The van der Waals surface area contributed by atoms with E-state index in [1.807, 2.05) is 6.92 Å². The van der Waals surface area contributed by atoms with Gasteiger partial charge < -0.3 is 10.4 Å². The average molecular weight is 262 g/mol. The third-order valence-corrected chi connectivity index (χ3v) is 2.81. The number of carboxylic acids is 1. The third kappa shape index (κ3) is 2.40. The summed E-state index contributed by atoms with van der Waals surface area (Å²) in [6.45, 7) is 4.97. The fourth-order valence-electron chi connectivity index (χ4n) is 1.72. The number of fused-ring (bicyclic) bond motifs is 1. The molecule has 1 unspecified atom stereocenters. The fourth-order valence-corrected chi connectivity index (χ4v) is 1.72. The Morgan fingerprint density at radius 2 is 2.11 bits per heavy atom. The number of nitrogens with one attached hydrogen (secondary N) is 1. The molecule has 0 aliphatic carbocycles. The van der Waals surface area contributed by atoms with Crippen LogP contribution in [-0.2, 0) is 4.79 Å². The largest absolute Gasteiger partial charge is 0.480 e. The van der Waals surface area contributed by atoms with Crippen LogP contribution in [0.3, 0.4) is 0 Å². The molecule has 19 heavy (non-hydrogen) atoms. The number of hydrogen-bond acceptors (Lipinski definition) is 4. The minimum Gasteiger partial charge on any atom is -0.480 e. The fraction of sp³-hybridized carbons (Fsp3) is 0.333. The van der Waals surface area contributed by atoms with E-state index < -0.39 is 17.9 Å². The monoisotopic (exact) mass is 262 g/mol. The number of carbonyl (C=O) groups is 2. The Morgan fingerprint density at radius 1 is 1.42 bits per heavy atom. The molecule has 0 radical (unpaired) electrons. The Labute approximate surface area is 109 Å². The minimum absolute atomic E-state index is 0.309. The molecule has 0 saturated heterocycles. The van der Waals surface area contributed by atoms with Crippen molar-refractivity contribution in [2.24, 2.45) is 0 Å². The summed E-state index contributed by atoms with van der Waals surface area (Å²) in [6, 6.07) is 0.844. The first-order chi connectivity index (χ1) is 8.90. The van der Waals surface area contributed by atoms with Crippen LogP contribution in [0.2, 0.25) is 0 Å². The lowest BCUT2D eigenvalue weighted by molar-refractivity contribution is -0.138. The summed E-state index contributed by atoms with van der Waals surface area (Å²) in [5.41, 5.74) is 2.38. The number of hydrogen-bond donors (Lipinski definition) is 2. The number of aromatic nitrogens is 3. The van der Waals surface area contributed by atoms with Crippen molar-refractivity contribution in [3.63, 3.8) is 0 Å². The van der Waals surface area contributed by atoms with Gasteiger partial charge in [0.15, 0.2) is 5.65 Å². The first kappa shape index (κ1) is 13.0. The Kier molecular flexibility index (Phi) is 3.20.